The van der Waals surface area contributed by atoms with E-state index < -0.39 is 10.0 Å². The van der Waals surface area contributed by atoms with Gasteiger partial charge in [-0.1, -0.05) is 13.8 Å². The van der Waals surface area contributed by atoms with Crippen LogP contribution >= 0.6 is 0 Å². The summed E-state index contributed by atoms with van der Waals surface area (Å²) in [5.41, 5.74) is 0.942. The molecular weight excluding hydrogens is 266 g/mol. The molecule has 102 valence electrons. The summed E-state index contributed by atoms with van der Waals surface area (Å²) in [6, 6.07) is 1.68. The van der Waals surface area contributed by atoms with E-state index >= 15 is 0 Å². The lowest BCUT2D eigenvalue weighted by atomic mass is 10.2. The molecule has 0 saturated heterocycles. The molecule has 0 spiro atoms. The first-order chi connectivity index (χ1) is 8.99. The molecule has 0 saturated carbocycles. The maximum atomic E-state index is 11.7. The molecule has 0 aromatic carbocycles. The number of sulfonamides is 1. The molecule has 2 aromatic heterocycles. The number of hydrogen-bond acceptors (Lipinski definition) is 5. The summed E-state index contributed by atoms with van der Waals surface area (Å²) in [6.45, 7) is 3.66. The maximum absolute atomic E-state index is 11.7. The molecule has 0 radical (unpaired) electrons. The van der Waals surface area contributed by atoms with Crippen LogP contribution in [0.4, 0.5) is 0 Å². The van der Waals surface area contributed by atoms with Gasteiger partial charge in [0.1, 0.15) is 4.90 Å². The average molecular weight is 281 g/mol. The lowest BCUT2D eigenvalue weighted by Crippen LogP contribution is -2.16. The molecule has 0 amide bonds. The molecule has 0 bridgehead atoms. The van der Waals surface area contributed by atoms with Crippen LogP contribution in [0.25, 0.3) is 5.95 Å². The van der Waals surface area contributed by atoms with Crippen molar-refractivity contribution in [3.63, 3.8) is 0 Å². The van der Waals surface area contributed by atoms with E-state index in [1.165, 1.54) is 4.68 Å². The number of nitrogens with zero attached hydrogens (tertiary/aromatic N) is 4. The number of hydrogen-bond donors (Lipinski definition) is 1. The van der Waals surface area contributed by atoms with E-state index in [0.717, 1.165) is 0 Å². The van der Waals surface area contributed by atoms with Gasteiger partial charge in [-0.25, -0.2) is 28.2 Å². The van der Waals surface area contributed by atoms with Gasteiger partial charge in [-0.05, 0) is 18.9 Å². The Morgan fingerprint density at radius 2 is 1.84 bits per heavy atom. The van der Waals surface area contributed by atoms with Crippen LogP contribution in [0.3, 0.4) is 0 Å². The van der Waals surface area contributed by atoms with Gasteiger partial charge in [-0.3, -0.25) is 0 Å². The van der Waals surface area contributed by atoms with Crippen molar-refractivity contribution in [1.82, 2.24) is 19.7 Å². The van der Waals surface area contributed by atoms with Gasteiger partial charge in [-0.2, -0.15) is 5.10 Å². The van der Waals surface area contributed by atoms with Crippen molar-refractivity contribution in [1.29, 1.82) is 0 Å². The molecule has 2 heterocycles. The van der Waals surface area contributed by atoms with Crippen molar-refractivity contribution in [3.8, 4) is 5.95 Å². The monoisotopic (exact) mass is 281 g/mol. The Hall–Kier alpha value is -1.80. The Labute approximate surface area is 111 Å². The molecule has 0 unspecified atom stereocenters. The van der Waals surface area contributed by atoms with Crippen LogP contribution in [0.1, 0.15) is 25.2 Å². The second-order valence-corrected chi connectivity index (χ2v) is 5.43. The summed E-state index contributed by atoms with van der Waals surface area (Å²) in [6.07, 6.45) is 4.09. The summed E-state index contributed by atoms with van der Waals surface area (Å²) in [7, 11) is -3.81. The minimum Gasteiger partial charge on any atom is -0.225 e. The van der Waals surface area contributed by atoms with Gasteiger partial charge in [0.15, 0.2) is 0 Å². The van der Waals surface area contributed by atoms with E-state index in [4.69, 9.17) is 5.14 Å². The van der Waals surface area contributed by atoms with Crippen LogP contribution in [0, 0.1) is 0 Å². The van der Waals surface area contributed by atoms with Gasteiger partial charge >= 0.3 is 0 Å². The highest BCUT2D eigenvalue weighted by Crippen LogP contribution is 2.22. The topological polar surface area (TPSA) is 104 Å². The minimum absolute atomic E-state index is 0.0879. The highest BCUT2D eigenvalue weighted by molar-refractivity contribution is 7.89. The summed E-state index contributed by atoms with van der Waals surface area (Å²) >= 11 is 0. The standard InChI is InChI=1S/C11H15N5O2S/c1-3-8-10(19(12,17)18)9(4-2)16(15-8)11-13-6-5-7-14-11/h5-7H,3-4H2,1-2H3,(H2,12,17,18). The predicted octanol–water partition coefficient (Wildman–Crippen LogP) is 0.435. The quantitative estimate of drug-likeness (QED) is 0.875. The SMILES string of the molecule is CCc1nn(-c2ncccn2)c(CC)c1S(N)(=O)=O. The fourth-order valence-electron chi connectivity index (χ4n) is 1.93. The van der Waals surface area contributed by atoms with Crippen molar-refractivity contribution in [2.45, 2.75) is 31.6 Å². The van der Waals surface area contributed by atoms with Crippen LogP contribution in [0.2, 0.25) is 0 Å². The Kier molecular flexibility index (Phi) is 3.63. The third-order valence-corrected chi connectivity index (χ3v) is 3.74. The fraction of sp³-hybridized carbons (Fsp3) is 0.364. The second kappa shape index (κ2) is 5.06. The molecule has 2 N–H and O–H groups in total. The normalized spacial score (nSPS) is 11.7. The smallest absolute Gasteiger partial charge is 0.225 e. The highest BCUT2D eigenvalue weighted by Gasteiger charge is 2.25. The van der Waals surface area contributed by atoms with Crippen LogP contribution in [-0.2, 0) is 22.9 Å². The Morgan fingerprint density at radius 3 is 2.32 bits per heavy atom. The summed E-state index contributed by atoms with van der Waals surface area (Å²) in [4.78, 5) is 8.25. The van der Waals surface area contributed by atoms with E-state index in [0.29, 0.717) is 30.2 Å². The van der Waals surface area contributed by atoms with Crippen molar-refractivity contribution in [2.75, 3.05) is 0 Å². The van der Waals surface area contributed by atoms with Gasteiger partial charge in [-0.15, -0.1) is 0 Å². The first-order valence-electron chi connectivity index (χ1n) is 5.90. The van der Waals surface area contributed by atoms with Gasteiger partial charge in [0, 0.05) is 12.4 Å². The van der Waals surface area contributed by atoms with Crippen molar-refractivity contribution in [3.05, 3.63) is 29.8 Å². The molecule has 7 nitrogen and oxygen atoms in total. The Morgan fingerprint density at radius 1 is 1.21 bits per heavy atom. The van der Waals surface area contributed by atoms with Crippen LogP contribution in [-0.4, -0.2) is 28.2 Å². The molecule has 2 rings (SSSR count). The number of aromatic nitrogens is 4. The van der Waals surface area contributed by atoms with Gasteiger partial charge in [0.2, 0.25) is 10.0 Å². The highest BCUT2D eigenvalue weighted by atomic mass is 32.2. The largest absolute Gasteiger partial charge is 0.250 e. The van der Waals surface area contributed by atoms with E-state index in [1.54, 1.807) is 18.5 Å². The first kappa shape index (κ1) is 13.6. The third-order valence-electron chi connectivity index (χ3n) is 2.70. The Bertz CT molecular complexity index is 679. The molecular formula is C11H15N5O2S. The van der Waals surface area contributed by atoms with Crippen LogP contribution in [0.15, 0.2) is 23.4 Å². The zero-order valence-electron chi connectivity index (χ0n) is 10.7. The van der Waals surface area contributed by atoms with E-state index in [1.807, 2.05) is 13.8 Å². The maximum Gasteiger partial charge on any atom is 0.250 e. The number of nitrogens with two attached hydrogens (primary N) is 1. The Balaban J connectivity index is 2.75. The van der Waals surface area contributed by atoms with Crippen molar-refractivity contribution >= 4 is 10.0 Å². The first-order valence-corrected chi connectivity index (χ1v) is 7.44. The van der Waals surface area contributed by atoms with E-state index in [9.17, 15) is 8.42 Å². The lowest BCUT2D eigenvalue weighted by molar-refractivity contribution is 0.595. The lowest BCUT2D eigenvalue weighted by Gasteiger charge is -2.04. The summed E-state index contributed by atoms with van der Waals surface area (Å²) in [5.74, 6) is 0.337. The molecule has 19 heavy (non-hydrogen) atoms. The average Bonchev–Trinajstić information content (AvgIpc) is 2.78. The zero-order chi connectivity index (χ0) is 14.0. The fourth-order valence-corrected chi connectivity index (χ4v) is 3.00. The van der Waals surface area contributed by atoms with Gasteiger partial charge < -0.3 is 0 Å². The van der Waals surface area contributed by atoms with Gasteiger partial charge in [0.05, 0.1) is 11.4 Å². The van der Waals surface area contributed by atoms with Crippen LogP contribution < -0.4 is 5.14 Å². The third kappa shape index (κ3) is 2.49. The number of primary sulfonamides is 1. The molecule has 2 aromatic rings. The molecule has 8 heteroatoms. The van der Waals surface area contributed by atoms with Gasteiger partial charge in [0.25, 0.3) is 5.95 Å². The van der Waals surface area contributed by atoms with Crippen molar-refractivity contribution < 1.29 is 8.42 Å². The molecule has 0 atom stereocenters. The molecule has 0 aliphatic rings. The number of rotatable bonds is 4. The second-order valence-electron chi connectivity index (χ2n) is 3.94. The predicted molar refractivity (Wildman–Crippen MR) is 69.3 cm³/mol. The minimum atomic E-state index is -3.81. The van der Waals surface area contributed by atoms with Crippen LogP contribution in [0.5, 0.6) is 0 Å². The molecule has 0 aliphatic carbocycles. The summed E-state index contributed by atoms with van der Waals surface area (Å²) < 4.78 is 24.9. The van der Waals surface area contributed by atoms with E-state index in [2.05, 4.69) is 15.1 Å². The van der Waals surface area contributed by atoms with Crippen molar-refractivity contribution in [2.24, 2.45) is 5.14 Å². The van der Waals surface area contributed by atoms with E-state index in [-0.39, 0.29) is 4.90 Å². The zero-order valence-corrected chi connectivity index (χ0v) is 11.6. The molecule has 0 fully saturated rings. The summed E-state index contributed by atoms with van der Waals surface area (Å²) in [5, 5.41) is 9.55. The molecule has 0 aliphatic heterocycles. The number of aryl methyl sites for hydroxylation is 1.